The highest BCUT2D eigenvalue weighted by atomic mass is 16.2. The molecule has 1 unspecified atom stereocenters. The van der Waals surface area contributed by atoms with Gasteiger partial charge in [0.25, 0.3) is 5.91 Å². The van der Waals surface area contributed by atoms with E-state index in [0.29, 0.717) is 11.4 Å². The Kier molecular flexibility index (Phi) is 4.94. The van der Waals surface area contributed by atoms with Gasteiger partial charge in [-0.25, -0.2) is 4.98 Å². The number of hydrogen-bond acceptors (Lipinski definition) is 3. The van der Waals surface area contributed by atoms with E-state index in [-0.39, 0.29) is 11.9 Å². The molecule has 1 aromatic rings. The van der Waals surface area contributed by atoms with Crippen molar-refractivity contribution >= 4 is 11.7 Å². The van der Waals surface area contributed by atoms with Crippen molar-refractivity contribution in [2.24, 2.45) is 0 Å². The Balaban J connectivity index is 2.80. The van der Waals surface area contributed by atoms with Crippen LogP contribution in [0, 0.1) is 0 Å². The summed E-state index contributed by atoms with van der Waals surface area (Å²) >= 11 is 0. The van der Waals surface area contributed by atoms with Gasteiger partial charge in [0.05, 0.1) is 0 Å². The highest BCUT2D eigenvalue weighted by molar-refractivity contribution is 5.94. The van der Waals surface area contributed by atoms with Crippen LogP contribution in [0.15, 0.2) is 18.3 Å². The third kappa shape index (κ3) is 3.44. The van der Waals surface area contributed by atoms with Gasteiger partial charge in [-0.2, -0.15) is 0 Å². The van der Waals surface area contributed by atoms with E-state index in [1.807, 2.05) is 7.05 Å². The molecule has 0 aliphatic rings. The summed E-state index contributed by atoms with van der Waals surface area (Å²) in [5, 5.41) is 2.93. The number of pyridine rings is 1. The van der Waals surface area contributed by atoms with Crippen molar-refractivity contribution in [3.05, 3.63) is 23.9 Å². The zero-order valence-corrected chi connectivity index (χ0v) is 11.0. The summed E-state index contributed by atoms with van der Waals surface area (Å²) in [5.74, 6) is 0.761. The van der Waals surface area contributed by atoms with Crippen LogP contribution in [0.25, 0.3) is 0 Å². The van der Waals surface area contributed by atoms with Gasteiger partial charge in [-0.05, 0) is 25.5 Å². The molecule has 0 aromatic carbocycles. The van der Waals surface area contributed by atoms with Crippen LogP contribution < -0.4 is 5.32 Å². The van der Waals surface area contributed by atoms with Crippen molar-refractivity contribution in [2.75, 3.05) is 19.4 Å². The van der Waals surface area contributed by atoms with Crippen molar-refractivity contribution in [1.82, 2.24) is 9.88 Å². The van der Waals surface area contributed by atoms with Crippen LogP contribution in [0.4, 0.5) is 5.82 Å². The maximum Gasteiger partial charge on any atom is 0.254 e. The van der Waals surface area contributed by atoms with E-state index >= 15 is 0 Å². The van der Waals surface area contributed by atoms with Gasteiger partial charge >= 0.3 is 0 Å². The zero-order chi connectivity index (χ0) is 12.8. The predicted molar refractivity (Wildman–Crippen MR) is 70.2 cm³/mol. The minimum Gasteiger partial charge on any atom is -0.373 e. The standard InChI is InChI=1S/C13H21N3O/c1-5-6-10(2)16(4)13(17)11-7-8-15-12(9-11)14-3/h7-10H,5-6H2,1-4H3,(H,14,15). The van der Waals surface area contributed by atoms with Crippen molar-refractivity contribution in [1.29, 1.82) is 0 Å². The van der Waals surface area contributed by atoms with Crippen molar-refractivity contribution in [3.8, 4) is 0 Å². The monoisotopic (exact) mass is 235 g/mol. The fourth-order valence-corrected chi connectivity index (χ4v) is 1.72. The van der Waals surface area contributed by atoms with Crippen LogP contribution in [0.2, 0.25) is 0 Å². The van der Waals surface area contributed by atoms with E-state index in [9.17, 15) is 4.79 Å². The Morgan fingerprint density at radius 1 is 1.59 bits per heavy atom. The van der Waals surface area contributed by atoms with Gasteiger partial charge in [0, 0.05) is 31.9 Å². The van der Waals surface area contributed by atoms with Crippen LogP contribution in [-0.2, 0) is 0 Å². The Morgan fingerprint density at radius 3 is 2.88 bits per heavy atom. The van der Waals surface area contributed by atoms with Crippen molar-refractivity contribution < 1.29 is 4.79 Å². The lowest BCUT2D eigenvalue weighted by Gasteiger charge is -2.24. The first-order valence-electron chi connectivity index (χ1n) is 6.01. The summed E-state index contributed by atoms with van der Waals surface area (Å²) in [5.41, 5.74) is 0.676. The number of nitrogens with zero attached hydrogens (tertiary/aromatic N) is 2. The molecule has 0 saturated carbocycles. The van der Waals surface area contributed by atoms with Crippen LogP contribution in [-0.4, -0.2) is 35.9 Å². The van der Waals surface area contributed by atoms with Gasteiger partial charge in [0.15, 0.2) is 0 Å². The average molecular weight is 235 g/mol. The van der Waals surface area contributed by atoms with Gasteiger partial charge in [-0.3, -0.25) is 4.79 Å². The Labute approximate surface area is 103 Å². The molecule has 1 N–H and O–H groups in total. The second-order valence-electron chi connectivity index (χ2n) is 4.23. The van der Waals surface area contributed by atoms with Gasteiger partial charge < -0.3 is 10.2 Å². The van der Waals surface area contributed by atoms with Crippen LogP contribution in [0.1, 0.15) is 37.0 Å². The van der Waals surface area contributed by atoms with E-state index in [0.717, 1.165) is 12.8 Å². The molecule has 0 spiro atoms. The topological polar surface area (TPSA) is 45.2 Å². The van der Waals surface area contributed by atoms with E-state index in [4.69, 9.17) is 0 Å². The third-order valence-electron chi connectivity index (χ3n) is 2.95. The molecular weight excluding hydrogens is 214 g/mol. The predicted octanol–water partition coefficient (Wildman–Crippen LogP) is 2.38. The SMILES string of the molecule is CCCC(C)N(C)C(=O)c1ccnc(NC)c1. The zero-order valence-electron chi connectivity index (χ0n) is 11.0. The normalized spacial score (nSPS) is 12.0. The fraction of sp³-hybridized carbons (Fsp3) is 0.538. The van der Waals surface area contributed by atoms with Crippen LogP contribution in [0.5, 0.6) is 0 Å². The highest BCUT2D eigenvalue weighted by Crippen LogP contribution is 2.12. The molecule has 0 aliphatic carbocycles. The minimum absolute atomic E-state index is 0.0462. The summed E-state index contributed by atoms with van der Waals surface area (Å²) in [7, 11) is 3.64. The highest BCUT2D eigenvalue weighted by Gasteiger charge is 2.17. The molecule has 1 aromatic heterocycles. The summed E-state index contributed by atoms with van der Waals surface area (Å²) in [4.78, 5) is 18.1. The fourth-order valence-electron chi connectivity index (χ4n) is 1.72. The summed E-state index contributed by atoms with van der Waals surface area (Å²) in [6, 6.07) is 3.79. The second-order valence-corrected chi connectivity index (χ2v) is 4.23. The van der Waals surface area contributed by atoms with Gasteiger partial charge in [0.2, 0.25) is 0 Å². The molecule has 0 bridgehead atoms. The molecule has 0 saturated heterocycles. The van der Waals surface area contributed by atoms with Crippen LogP contribution >= 0.6 is 0 Å². The quantitative estimate of drug-likeness (QED) is 0.852. The van der Waals surface area contributed by atoms with E-state index in [1.165, 1.54) is 0 Å². The average Bonchev–Trinajstić information content (AvgIpc) is 2.37. The molecule has 0 radical (unpaired) electrons. The number of rotatable bonds is 5. The molecular formula is C13H21N3O. The number of carbonyl (C=O) groups excluding carboxylic acids is 1. The molecule has 1 amide bonds. The van der Waals surface area contributed by atoms with Gasteiger partial charge in [0.1, 0.15) is 5.82 Å². The van der Waals surface area contributed by atoms with Crippen LogP contribution in [0.3, 0.4) is 0 Å². The van der Waals surface area contributed by atoms with Gasteiger partial charge in [-0.1, -0.05) is 13.3 Å². The number of amides is 1. The Morgan fingerprint density at radius 2 is 2.29 bits per heavy atom. The molecule has 1 rings (SSSR count). The number of hydrogen-bond donors (Lipinski definition) is 1. The lowest BCUT2D eigenvalue weighted by atomic mass is 10.1. The van der Waals surface area contributed by atoms with Crippen molar-refractivity contribution in [3.63, 3.8) is 0 Å². The molecule has 17 heavy (non-hydrogen) atoms. The molecule has 0 fully saturated rings. The molecule has 1 heterocycles. The second kappa shape index (κ2) is 6.23. The summed E-state index contributed by atoms with van der Waals surface area (Å²) in [6.45, 7) is 4.20. The maximum atomic E-state index is 12.2. The molecule has 4 nitrogen and oxygen atoms in total. The summed E-state index contributed by atoms with van der Waals surface area (Å²) in [6.07, 6.45) is 3.75. The number of anilines is 1. The first kappa shape index (κ1) is 13.5. The Hall–Kier alpha value is -1.58. The lowest BCUT2D eigenvalue weighted by Crippen LogP contribution is -2.35. The molecule has 4 heteroatoms. The number of aromatic nitrogens is 1. The summed E-state index contributed by atoms with van der Waals surface area (Å²) < 4.78 is 0. The van der Waals surface area contributed by atoms with E-state index in [1.54, 1.807) is 30.3 Å². The minimum atomic E-state index is 0.0462. The molecule has 94 valence electrons. The van der Waals surface area contributed by atoms with E-state index < -0.39 is 0 Å². The number of nitrogens with one attached hydrogen (secondary N) is 1. The smallest absolute Gasteiger partial charge is 0.254 e. The molecule has 1 atom stereocenters. The maximum absolute atomic E-state index is 12.2. The first-order valence-corrected chi connectivity index (χ1v) is 6.01. The van der Waals surface area contributed by atoms with E-state index in [2.05, 4.69) is 24.1 Å². The molecule has 0 aliphatic heterocycles. The first-order chi connectivity index (χ1) is 8.10. The Bertz CT molecular complexity index is 379. The number of carbonyl (C=O) groups is 1. The third-order valence-corrected chi connectivity index (χ3v) is 2.95. The lowest BCUT2D eigenvalue weighted by molar-refractivity contribution is 0.0736. The van der Waals surface area contributed by atoms with Crippen molar-refractivity contribution in [2.45, 2.75) is 32.7 Å². The largest absolute Gasteiger partial charge is 0.373 e. The van der Waals surface area contributed by atoms with Gasteiger partial charge in [-0.15, -0.1) is 0 Å².